The molecule has 4 rings (SSSR count). The summed E-state index contributed by atoms with van der Waals surface area (Å²) in [6.07, 6.45) is 5.40. The summed E-state index contributed by atoms with van der Waals surface area (Å²) in [5.41, 5.74) is 3.01. The molecular weight excluding hydrogens is 268 g/mol. The maximum atomic E-state index is 11.4. The average Bonchev–Trinajstić information content (AvgIpc) is 2.95. The van der Waals surface area contributed by atoms with Crippen LogP contribution < -0.4 is 0 Å². The van der Waals surface area contributed by atoms with Crippen LogP contribution in [-0.2, 0) is 6.42 Å². The van der Waals surface area contributed by atoms with Gasteiger partial charge in [-0.05, 0) is 24.7 Å². The lowest BCUT2D eigenvalue weighted by Crippen LogP contribution is -2.07. The standard InChI is InChI=1S/C15H16N4O2/c1-7(2)11-5-17-12(6-16-11)19-14-9-3-8(9)4-10(14)13(18-19)15(20)21/h5-9H,3-4H2,1-2H3,(H,20,21)/t8-,9-/m1/s1. The van der Waals surface area contributed by atoms with Gasteiger partial charge in [0.25, 0.3) is 0 Å². The molecule has 0 bridgehead atoms. The molecule has 0 amide bonds. The number of aromatic nitrogens is 4. The van der Waals surface area contributed by atoms with Gasteiger partial charge in [0, 0.05) is 11.5 Å². The second-order valence-electron chi connectivity index (χ2n) is 6.19. The predicted molar refractivity (Wildman–Crippen MR) is 74.8 cm³/mol. The summed E-state index contributed by atoms with van der Waals surface area (Å²) in [6.45, 7) is 4.12. The molecular formula is C15H16N4O2. The van der Waals surface area contributed by atoms with E-state index in [4.69, 9.17) is 0 Å². The van der Waals surface area contributed by atoms with Crippen LogP contribution in [0.3, 0.4) is 0 Å². The summed E-state index contributed by atoms with van der Waals surface area (Å²) in [4.78, 5) is 20.2. The van der Waals surface area contributed by atoms with Crippen LogP contribution in [0.25, 0.3) is 5.82 Å². The van der Waals surface area contributed by atoms with Crippen molar-refractivity contribution in [2.24, 2.45) is 5.92 Å². The number of carboxylic acids is 1. The zero-order valence-corrected chi connectivity index (χ0v) is 11.9. The number of fused-ring (bicyclic) bond motifs is 3. The zero-order valence-electron chi connectivity index (χ0n) is 11.9. The fourth-order valence-electron chi connectivity index (χ4n) is 3.20. The van der Waals surface area contributed by atoms with Crippen LogP contribution in [0.5, 0.6) is 0 Å². The molecule has 2 heterocycles. The van der Waals surface area contributed by atoms with Crippen LogP contribution >= 0.6 is 0 Å². The Kier molecular flexibility index (Phi) is 2.46. The fourth-order valence-corrected chi connectivity index (χ4v) is 3.20. The second-order valence-corrected chi connectivity index (χ2v) is 6.19. The quantitative estimate of drug-likeness (QED) is 0.934. The SMILES string of the molecule is CC(C)c1cnc(-n2nc(C(=O)O)c3c2[C@@H]2C[C@@H]2C3)cn1. The maximum absolute atomic E-state index is 11.4. The van der Waals surface area contributed by atoms with E-state index in [1.165, 1.54) is 0 Å². The average molecular weight is 284 g/mol. The van der Waals surface area contributed by atoms with Crippen molar-refractivity contribution in [2.45, 2.75) is 38.5 Å². The zero-order chi connectivity index (χ0) is 14.7. The molecule has 6 heteroatoms. The van der Waals surface area contributed by atoms with Crippen LogP contribution in [-0.4, -0.2) is 30.8 Å². The lowest BCUT2D eigenvalue weighted by Gasteiger charge is -2.07. The Morgan fingerprint density at radius 3 is 2.81 bits per heavy atom. The van der Waals surface area contributed by atoms with Crippen LogP contribution in [0.15, 0.2) is 12.4 Å². The third-order valence-corrected chi connectivity index (χ3v) is 4.43. The van der Waals surface area contributed by atoms with Gasteiger partial charge in [-0.25, -0.2) is 14.5 Å². The molecule has 2 aromatic heterocycles. The molecule has 2 aromatic rings. The van der Waals surface area contributed by atoms with Gasteiger partial charge in [0.1, 0.15) is 0 Å². The molecule has 1 saturated carbocycles. The molecule has 1 N–H and O–H groups in total. The van der Waals surface area contributed by atoms with E-state index in [0.29, 0.717) is 23.6 Å². The molecule has 0 aliphatic heterocycles. The van der Waals surface area contributed by atoms with Crippen molar-refractivity contribution in [1.29, 1.82) is 0 Å². The van der Waals surface area contributed by atoms with Crippen molar-refractivity contribution in [3.63, 3.8) is 0 Å². The molecule has 0 spiro atoms. The van der Waals surface area contributed by atoms with E-state index in [9.17, 15) is 9.90 Å². The highest BCUT2D eigenvalue weighted by atomic mass is 16.4. The lowest BCUT2D eigenvalue weighted by atomic mass is 10.1. The normalized spacial score (nSPS) is 22.2. The Morgan fingerprint density at radius 1 is 1.38 bits per heavy atom. The number of carbonyl (C=O) groups is 1. The molecule has 0 saturated heterocycles. The first-order valence-electron chi connectivity index (χ1n) is 7.23. The van der Waals surface area contributed by atoms with Crippen molar-refractivity contribution >= 4 is 5.97 Å². The van der Waals surface area contributed by atoms with Crippen molar-refractivity contribution in [1.82, 2.24) is 19.7 Å². The largest absolute Gasteiger partial charge is 0.476 e. The van der Waals surface area contributed by atoms with E-state index in [2.05, 4.69) is 28.9 Å². The summed E-state index contributed by atoms with van der Waals surface area (Å²) in [5.74, 6) is 1.02. The predicted octanol–water partition coefficient (Wildman–Crippen LogP) is 2.14. The molecule has 0 unspecified atom stereocenters. The summed E-state index contributed by atoms with van der Waals surface area (Å²) >= 11 is 0. The number of aromatic carboxylic acids is 1. The smallest absolute Gasteiger partial charge is 0.356 e. The topological polar surface area (TPSA) is 80.9 Å². The Labute approximate surface area is 121 Å². The van der Waals surface area contributed by atoms with Gasteiger partial charge >= 0.3 is 5.97 Å². The molecule has 1 fully saturated rings. The Hall–Kier alpha value is -2.24. The summed E-state index contributed by atoms with van der Waals surface area (Å²) in [6, 6.07) is 0. The van der Waals surface area contributed by atoms with Crippen LogP contribution in [0.2, 0.25) is 0 Å². The van der Waals surface area contributed by atoms with Gasteiger partial charge in [-0.15, -0.1) is 0 Å². The Balaban J connectivity index is 1.82. The van der Waals surface area contributed by atoms with E-state index in [1.807, 2.05) is 0 Å². The monoisotopic (exact) mass is 284 g/mol. The maximum Gasteiger partial charge on any atom is 0.356 e. The third kappa shape index (κ3) is 1.78. The number of carboxylic acid groups (broad SMARTS) is 1. The first-order chi connectivity index (χ1) is 10.1. The van der Waals surface area contributed by atoms with Gasteiger partial charge in [-0.2, -0.15) is 5.10 Å². The van der Waals surface area contributed by atoms with E-state index < -0.39 is 5.97 Å². The van der Waals surface area contributed by atoms with Crippen molar-refractivity contribution < 1.29 is 9.90 Å². The second kappa shape index (κ2) is 4.13. The molecule has 0 aromatic carbocycles. The molecule has 2 aliphatic carbocycles. The summed E-state index contributed by atoms with van der Waals surface area (Å²) in [5, 5.41) is 13.6. The number of nitrogens with zero attached hydrogens (tertiary/aromatic N) is 4. The van der Waals surface area contributed by atoms with Crippen LogP contribution in [0.4, 0.5) is 0 Å². The van der Waals surface area contributed by atoms with E-state index >= 15 is 0 Å². The molecule has 2 atom stereocenters. The molecule has 2 aliphatic rings. The minimum atomic E-state index is -0.960. The summed E-state index contributed by atoms with van der Waals surface area (Å²) in [7, 11) is 0. The molecule has 108 valence electrons. The summed E-state index contributed by atoms with van der Waals surface area (Å²) < 4.78 is 1.69. The van der Waals surface area contributed by atoms with Crippen molar-refractivity contribution in [3.8, 4) is 5.82 Å². The highest BCUT2D eigenvalue weighted by Gasteiger charge is 2.50. The van der Waals surface area contributed by atoms with Crippen molar-refractivity contribution in [2.75, 3.05) is 0 Å². The minimum absolute atomic E-state index is 0.173. The van der Waals surface area contributed by atoms with Crippen molar-refractivity contribution in [3.05, 3.63) is 35.0 Å². The van der Waals surface area contributed by atoms with Crippen LogP contribution in [0, 0.1) is 5.92 Å². The molecule has 21 heavy (non-hydrogen) atoms. The van der Waals surface area contributed by atoms with E-state index in [0.717, 1.165) is 29.8 Å². The molecule has 6 nitrogen and oxygen atoms in total. The first kappa shape index (κ1) is 12.5. The van der Waals surface area contributed by atoms with Gasteiger partial charge < -0.3 is 5.11 Å². The number of hydrogen-bond acceptors (Lipinski definition) is 4. The van der Waals surface area contributed by atoms with Crippen LogP contribution in [0.1, 0.15) is 59.5 Å². The Morgan fingerprint density at radius 2 is 2.19 bits per heavy atom. The number of rotatable bonds is 3. The van der Waals surface area contributed by atoms with Gasteiger partial charge in [0.2, 0.25) is 0 Å². The van der Waals surface area contributed by atoms with Gasteiger partial charge in [0.05, 0.1) is 23.8 Å². The van der Waals surface area contributed by atoms with E-state index in [-0.39, 0.29) is 5.69 Å². The van der Waals surface area contributed by atoms with E-state index in [1.54, 1.807) is 17.1 Å². The number of hydrogen-bond donors (Lipinski definition) is 1. The fraction of sp³-hybridized carbons (Fsp3) is 0.467. The lowest BCUT2D eigenvalue weighted by molar-refractivity contribution is 0.0688. The van der Waals surface area contributed by atoms with Gasteiger partial charge in [0.15, 0.2) is 11.5 Å². The van der Waals surface area contributed by atoms with Gasteiger partial charge in [-0.1, -0.05) is 13.8 Å². The van der Waals surface area contributed by atoms with Gasteiger partial charge in [-0.3, -0.25) is 4.98 Å². The first-order valence-corrected chi connectivity index (χ1v) is 7.23. The third-order valence-electron chi connectivity index (χ3n) is 4.43. The highest BCUT2D eigenvalue weighted by molar-refractivity contribution is 5.88. The minimum Gasteiger partial charge on any atom is -0.476 e. The Bertz CT molecular complexity index is 733. The highest BCUT2D eigenvalue weighted by Crippen LogP contribution is 2.57. The molecule has 0 radical (unpaired) electrons.